The predicted molar refractivity (Wildman–Crippen MR) is 118 cm³/mol. The Labute approximate surface area is 182 Å². The van der Waals surface area contributed by atoms with Crippen LogP contribution in [0, 0.1) is 0 Å². The number of aromatic nitrogens is 4. The third-order valence-corrected chi connectivity index (χ3v) is 5.41. The lowest BCUT2D eigenvalue weighted by molar-refractivity contribution is -0.113. The van der Waals surface area contributed by atoms with Crippen LogP contribution in [0.15, 0.2) is 78.2 Å². The van der Waals surface area contributed by atoms with Crippen molar-refractivity contribution in [2.24, 2.45) is 0 Å². The van der Waals surface area contributed by atoms with E-state index in [9.17, 15) is 4.79 Å². The van der Waals surface area contributed by atoms with Crippen LogP contribution in [0.3, 0.4) is 0 Å². The van der Waals surface area contributed by atoms with Gasteiger partial charge in [0, 0.05) is 23.1 Å². The van der Waals surface area contributed by atoms with Crippen LogP contribution in [0.25, 0.3) is 11.4 Å². The van der Waals surface area contributed by atoms with Gasteiger partial charge in [0.15, 0.2) is 5.82 Å². The molecular formula is C21H18ClN5O2S. The van der Waals surface area contributed by atoms with Crippen molar-refractivity contribution in [2.75, 3.05) is 18.2 Å². The average Bonchev–Trinajstić information content (AvgIpc) is 3.43. The zero-order valence-corrected chi connectivity index (χ0v) is 17.6. The summed E-state index contributed by atoms with van der Waals surface area (Å²) in [4.78, 5) is 12.4. The molecule has 0 aliphatic rings. The van der Waals surface area contributed by atoms with E-state index in [1.54, 1.807) is 31.4 Å². The van der Waals surface area contributed by atoms with E-state index in [1.165, 1.54) is 11.8 Å². The minimum Gasteiger partial charge on any atom is -0.496 e. The van der Waals surface area contributed by atoms with Gasteiger partial charge in [0.1, 0.15) is 5.75 Å². The number of para-hydroxylation sites is 1. The molecule has 1 N–H and O–H groups in total. The number of carbonyl (C=O) groups is 1. The van der Waals surface area contributed by atoms with Gasteiger partial charge >= 0.3 is 0 Å². The predicted octanol–water partition coefficient (Wildman–Crippen LogP) is 4.45. The first kappa shape index (κ1) is 20.1. The standard InChI is InChI=1S/C21H18ClN5O2S/c1-29-18-7-3-2-6-17(18)20-24-25-21(27(20)26-12-4-5-13-26)30-14-19(28)23-16-10-8-15(22)9-11-16/h2-13H,14H2,1H3,(H,23,28). The molecule has 30 heavy (non-hydrogen) atoms. The van der Waals surface area contributed by atoms with Crippen molar-refractivity contribution in [2.45, 2.75) is 5.16 Å². The van der Waals surface area contributed by atoms with Gasteiger partial charge in [-0.3, -0.25) is 9.47 Å². The minimum atomic E-state index is -0.150. The zero-order valence-electron chi connectivity index (χ0n) is 16.0. The molecule has 0 aliphatic heterocycles. The summed E-state index contributed by atoms with van der Waals surface area (Å²) in [6, 6.07) is 18.4. The Balaban J connectivity index is 1.58. The van der Waals surface area contributed by atoms with Crippen molar-refractivity contribution in [3.63, 3.8) is 0 Å². The summed E-state index contributed by atoms with van der Waals surface area (Å²) in [5, 5.41) is 12.7. The Morgan fingerprint density at radius 3 is 2.53 bits per heavy atom. The van der Waals surface area contributed by atoms with Crippen molar-refractivity contribution in [1.29, 1.82) is 0 Å². The number of nitrogens with zero attached hydrogens (tertiary/aromatic N) is 4. The zero-order chi connectivity index (χ0) is 20.9. The summed E-state index contributed by atoms with van der Waals surface area (Å²) in [5.41, 5.74) is 1.49. The van der Waals surface area contributed by atoms with E-state index < -0.39 is 0 Å². The molecule has 0 atom stereocenters. The molecule has 4 aromatic rings. The number of thioether (sulfide) groups is 1. The van der Waals surface area contributed by atoms with Crippen LogP contribution in [0.5, 0.6) is 5.75 Å². The molecule has 7 nitrogen and oxygen atoms in total. The molecule has 0 saturated heterocycles. The van der Waals surface area contributed by atoms with Crippen LogP contribution in [0.1, 0.15) is 0 Å². The third kappa shape index (κ3) is 4.34. The quantitative estimate of drug-likeness (QED) is 0.430. The van der Waals surface area contributed by atoms with Crippen LogP contribution in [0.4, 0.5) is 5.69 Å². The van der Waals surface area contributed by atoms with E-state index in [1.807, 2.05) is 58.1 Å². The summed E-state index contributed by atoms with van der Waals surface area (Å²) in [6.45, 7) is 0. The Kier molecular flexibility index (Phi) is 6.06. The van der Waals surface area contributed by atoms with E-state index in [0.29, 0.717) is 27.4 Å². The molecule has 0 unspecified atom stereocenters. The SMILES string of the molecule is COc1ccccc1-c1nnc(SCC(=O)Nc2ccc(Cl)cc2)n1-n1cccc1. The molecule has 0 saturated carbocycles. The largest absolute Gasteiger partial charge is 0.496 e. The summed E-state index contributed by atoms with van der Waals surface area (Å²) >= 11 is 7.18. The number of anilines is 1. The highest BCUT2D eigenvalue weighted by atomic mass is 35.5. The van der Waals surface area contributed by atoms with Gasteiger partial charge in [-0.2, -0.15) is 0 Å². The number of nitrogens with one attached hydrogen (secondary N) is 1. The second-order valence-electron chi connectivity index (χ2n) is 6.23. The van der Waals surface area contributed by atoms with Crippen molar-refractivity contribution in [1.82, 2.24) is 19.5 Å². The molecule has 1 amide bonds. The Bertz CT molecular complexity index is 1140. The monoisotopic (exact) mass is 439 g/mol. The van der Waals surface area contributed by atoms with Crippen LogP contribution in [-0.4, -0.2) is 38.3 Å². The van der Waals surface area contributed by atoms with E-state index in [-0.39, 0.29) is 11.7 Å². The maximum Gasteiger partial charge on any atom is 0.234 e. The number of rotatable bonds is 7. The lowest BCUT2D eigenvalue weighted by Gasteiger charge is -2.13. The van der Waals surface area contributed by atoms with E-state index >= 15 is 0 Å². The van der Waals surface area contributed by atoms with Gasteiger partial charge in [-0.25, -0.2) is 4.68 Å². The number of hydrogen-bond donors (Lipinski definition) is 1. The first-order valence-electron chi connectivity index (χ1n) is 9.06. The lowest BCUT2D eigenvalue weighted by atomic mass is 10.2. The third-order valence-electron chi connectivity index (χ3n) is 4.24. The number of halogens is 1. The topological polar surface area (TPSA) is 74.0 Å². The molecule has 9 heteroatoms. The number of amides is 1. The fourth-order valence-electron chi connectivity index (χ4n) is 2.88. The van der Waals surface area contributed by atoms with Gasteiger partial charge < -0.3 is 10.1 Å². The molecule has 2 aromatic heterocycles. The summed E-state index contributed by atoms with van der Waals surface area (Å²) in [5.74, 6) is 1.33. The molecule has 0 radical (unpaired) electrons. The van der Waals surface area contributed by atoms with Gasteiger partial charge in [-0.05, 0) is 48.5 Å². The molecule has 152 valence electrons. The second kappa shape index (κ2) is 9.06. The van der Waals surface area contributed by atoms with Crippen LogP contribution in [0.2, 0.25) is 5.02 Å². The normalized spacial score (nSPS) is 10.7. The first-order valence-corrected chi connectivity index (χ1v) is 10.4. The molecule has 2 heterocycles. The fraction of sp³-hybridized carbons (Fsp3) is 0.0952. The highest BCUT2D eigenvalue weighted by Crippen LogP contribution is 2.31. The first-order chi connectivity index (χ1) is 14.7. The fourth-order valence-corrected chi connectivity index (χ4v) is 3.74. The number of benzene rings is 2. The van der Waals surface area contributed by atoms with Gasteiger partial charge in [0.2, 0.25) is 11.1 Å². The van der Waals surface area contributed by atoms with Gasteiger partial charge in [-0.15, -0.1) is 10.2 Å². The molecule has 2 aromatic carbocycles. The minimum absolute atomic E-state index is 0.150. The van der Waals surface area contributed by atoms with Crippen molar-refractivity contribution < 1.29 is 9.53 Å². The number of carbonyl (C=O) groups excluding carboxylic acids is 1. The number of methoxy groups -OCH3 is 1. The van der Waals surface area contributed by atoms with Gasteiger partial charge in [0.05, 0.1) is 18.4 Å². The van der Waals surface area contributed by atoms with Crippen LogP contribution in [-0.2, 0) is 4.79 Å². The van der Waals surface area contributed by atoms with Gasteiger partial charge in [-0.1, -0.05) is 35.5 Å². The van der Waals surface area contributed by atoms with Crippen molar-refractivity contribution >= 4 is 35.0 Å². The molecule has 0 bridgehead atoms. The summed E-state index contributed by atoms with van der Waals surface area (Å²) < 4.78 is 9.19. The lowest BCUT2D eigenvalue weighted by Crippen LogP contribution is -2.15. The summed E-state index contributed by atoms with van der Waals surface area (Å²) in [6.07, 6.45) is 3.78. The Morgan fingerprint density at radius 2 is 1.80 bits per heavy atom. The highest BCUT2D eigenvalue weighted by molar-refractivity contribution is 7.99. The van der Waals surface area contributed by atoms with Crippen molar-refractivity contribution in [3.05, 3.63) is 78.1 Å². The smallest absolute Gasteiger partial charge is 0.234 e. The number of hydrogen-bond acceptors (Lipinski definition) is 5. The Morgan fingerprint density at radius 1 is 1.07 bits per heavy atom. The van der Waals surface area contributed by atoms with Crippen LogP contribution < -0.4 is 10.1 Å². The molecular weight excluding hydrogens is 422 g/mol. The second-order valence-corrected chi connectivity index (χ2v) is 7.60. The highest BCUT2D eigenvalue weighted by Gasteiger charge is 2.19. The summed E-state index contributed by atoms with van der Waals surface area (Å²) in [7, 11) is 1.62. The van der Waals surface area contributed by atoms with Crippen LogP contribution >= 0.6 is 23.4 Å². The maximum atomic E-state index is 12.4. The van der Waals surface area contributed by atoms with E-state index in [2.05, 4.69) is 15.5 Å². The maximum absolute atomic E-state index is 12.4. The molecule has 4 rings (SSSR count). The number of ether oxygens (including phenoxy) is 1. The Hall–Kier alpha value is -3.23. The van der Waals surface area contributed by atoms with Gasteiger partial charge in [0.25, 0.3) is 0 Å². The van der Waals surface area contributed by atoms with E-state index in [0.717, 1.165) is 5.56 Å². The van der Waals surface area contributed by atoms with E-state index in [4.69, 9.17) is 16.3 Å². The molecule has 0 fully saturated rings. The van der Waals surface area contributed by atoms with Crippen molar-refractivity contribution in [3.8, 4) is 17.1 Å². The molecule has 0 aliphatic carbocycles. The molecule has 0 spiro atoms. The average molecular weight is 440 g/mol.